The van der Waals surface area contributed by atoms with Crippen LogP contribution in [0.1, 0.15) is 29.2 Å². The Hall–Kier alpha value is -2.74. The smallest absolute Gasteiger partial charge is 0.264 e. The third-order valence-corrected chi connectivity index (χ3v) is 7.28. The molecular weight excluding hydrogens is 548 g/mol. The van der Waals surface area contributed by atoms with Crippen LogP contribution in [0.25, 0.3) is 6.08 Å². The molecule has 180 valence electrons. The number of amidine groups is 1. The maximum absolute atomic E-state index is 12.6. The molecule has 1 heterocycles. The molecule has 1 N–H and O–H groups in total. The second kappa shape index (κ2) is 11.3. The highest BCUT2D eigenvalue weighted by Crippen LogP contribution is 2.37. The fourth-order valence-electron chi connectivity index (χ4n) is 3.34. The lowest BCUT2D eigenvalue weighted by molar-refractivity contribution is -0.115. The van der Waals surface area contributed by atoms with Crippen LogP contribution < -0.4 is 14.8 Å². The number of aliphatic imine (C=N–C) groups is 1. The van der Waals surface area contributed by atoms with Gasteiger partial charge in [0.25, 0.3) is 5.91 Å². The molecule has 0 unspecified atom stereocenters. The molecule has 5 nitrogen and oxygen atoms in total. The van der Waals surface area contributed by atoms with E-state index >= 15 is 0 Å². The van der Waals surface area contributed by atoms with Crippen molar-refractivity contribution >= 4 is 62.1 Å². The highest BCUT2D eigenvalue weighted by atomic mass is 79.9. The predicted octanol–water partition coefficient (Wildman–Crippen LogP) is 7.59. The summed E-state index contributed by atoms with van der Waals surface area (Å²) >= 11 is 11.1. The Kier molecular flexibility index (Phi) is 8.21. The van der Waals surface area contributed by atoms with Crippen molar-refractivity contribution in [3.8, 4) is 11.5 Å². The van der Waals surface area contributed by atoms with Crippen molar-refractivity contribution in [2.45, 2.75) is 27.4 Å². The third kappa shape index (κ3) is 6.28. The van der Waals surface area contributed by atoms with Crippen molar-refractivity contribution in [1.82, 2.24) is 5.32 Å². The van der Waals surface area contributed by atoms with E-state index in [2.05, 4.69) is 45.3 Å². The summed E-state index contributed by atoms with van der Waals surface area (Å²) in [5.74, 6) is 1.03. The minimum Gasteiger partial charge on any atom is -0.490 e. The lowest BCUT2D eigenvalue weighted by atomic mass is 10.1. The molecule has 0 bridgehead atoms. The van der Waals surface area contributed by atoms with E-state index in [1.807, 2.05) is 62.4 Å². The topological polar surface area (TPSA) is 59.9 Å². The summed E-state index contributed by atoms with van der Waals surface area (Å²) in [4.78, 5) is 17.7. The van der Waals surface area contributed by atoms with E-state index in [-0.39, 0.29) is 5.91 Å². The van der Waals surface area contributed by atoms with Crippen molar-refractivity contribution in [3.05, 3.63) is 91.3 Å². The molecule has 3 aromatic carbocycles. The molecule has 1 saturated heterocycles. The Morgan fingerprint density at radius 3 is 2.57 bits per heavy atom. The van der Waals surface area contributed by atoms with E-state index in [0.717, 1.165) is 26.9 Å². The molecule has 1 aliphatic heterocycles. The number of nitrogens with one attached hydrogen (secondary N) is 1. The molecule has 0 saturated carbocycles. The number of halogens is 2. The van der Waals surface area contributed by atoms with Gasteiger partial charge in [-0.25, -0.2) is 4.99 Å². The zero-order chi connectivity index (χ0) is 24.9. The van der Waals surface area contributed by atoms with Crippen LogP contribution in [0.2, 0.25) is 5.02 Å². The number of benzene rings is 3. The van der Waals surface area contributed by atoms with Gasteiger partial charge in [0.15, 0.2) is 16.7 Å². The van der Waals surface area contributed by atoms with Gasteiger partial charge in [-0.15, -0.1) is 0 Å². The number of carbonyl (C=O) groups is 1. The van der Waals surface area contributed by atoms with Gasteiger partial charge in [-0.1, -0.05) is 63.4 Å². The number of thioether (sulfide) groups is 1. The summed E-state index contributed by atoms with van der Waals surface area (Å²) in [6.45, 7) is 6.79. The van der Waals surface area contributed by atoms with Gasteiger partial charge in [-0.3, -0.25) is 4.79 Å². The molecule has 35 heavy (non-hydrogen) atoms. The van der Waals surface area contributed by atoms with E-state index in [0.29, 0.717) is 39.8 Å². The van der Waals surface area contributed by atoms with Gasteiger partial charge in [-0.05, 0) is 79.6 Å². The van der Waals surface area contributed by atoms with Gasteiger partial charge < -0.3 is 14.8 Å². The molecular formula is C27H24BrClN2O3S. The van der Waals surface area contributed by atoms with Gasteiger partial charge in [-0.2, -0.15) is 0 Å². The standard InChI is InChI=1S/C27H24BrClN2O3S/c1-4-33-23-12-19(20(28)14-24(23)34-15-18-10-8-16(2)9-11-18)13-25-26(32)31-27(35-25)30-22-7-5-6-21(29)17(22)3/h5-14H,4,15H2,1-3H3,(H,30,31,32)/b25-13+. The minimum absolute atomic E-state index is 0.210. The molecule has 8 heteroatoms. The number of amides is 1. The van der Waals surface area contributed by atoms with Crippen molar-refractivity contribution in [2.75, 3.05) is 6.61 Å². The Balaban J connectivity index is 1.57. The summed E-state index contributed by atoms with van der Waals surface area (Å²) in [6.07, 6.45) is 1.81. The summed E-state index contributed by atoms with van der Waals surface area (Å²) in [5, 5.41) is 3.96. The third-order valence-electron chi connectivity index (χ3n) is 5.28. The van der Waals surface area contributed by atoms with E-state index in [1.54, 1.807) is 0 Å². The molecule has 0 spiro atoms. The number of hydrogen-bond donors (Lipinski definition) is 1. The largest absolute Gasteiger partial charge is 0.490 e. The van der Waals surface area contributed by atoms with Crippen LogP contribution in [0, 0.1) is 13.8 Å². The highest BCUT2D eigenvalue weighted by molar-refractivity contribution is 9.10. The summed E-state index contributed by atoms with van der Waals surface area (Å²) in [5.41, 5.74) is 4.65. The zero-order valence-electron chi connectivity index (χ0n) is 19.5. The van der Waals surface area contributed by atoms with Crippen LogP contribution in [0.15, 0.2) is 69.0 Å². The van der Waals surface area contributed by atoms with Crippen LogP contribution >= 0.6 is 39.3 Å². The van der Waals surface area contributed by atoms with Gasteiger partial charge in [0, 0.05) is 9.50 Å². The van der Waals surface area contributed by atoms with Crippen LogP contribution in [0.3, 0.4) is 0 Å². The highest BCUT2D eigenvalue weighted by Gasteiger charge is 2.25. The Bertz CT molecular complexity index is 1320. The Morgan fingerprint density at radius 1 is 1.09 bits per heavy atom. The van der Waals surface area contributed by atoms with Crippen LogP contribution in [-0.4, -0.2) is 17.7 Å². The quantitative estimate of drug-likeness (QED) is 0.297. The number of hydrogen-bond acceptors (Lipinski definition) is 5. The van der Waals surface area contributed by atoms with E-state index in [9.17, 15) is 4.79 Å². The first-order valence-corrected chi connectivity index (χ1v) is 13.0. The second-order valence-electron chi connectivity index (χ2n) is 7.89. The second-order valence-corrected chi connectivity index (χ2v) is 10.2. The number of carbonyl (C=O) groups excluding carboxylic acids is 1. The first-order valence-electron chi connectivity index (χ1n) is 11.0. The van der Waals surface area contributed by atoms with Crippen LogP contribution in [-0.2, 0) is 11.4 Å². The fraction of sp³-hybridized carbons (Fsp3) is 0.185. The molecule has 1 aliphatic rings. The maximum Gasteiger partial charge on any atom is 0.264 e. The molecule has 1 amide bonds. The molecule has 0 aliphatic carbocycles. The normalized spacial score (nSPS) is 15.5. The molecule has 3 aromatic rings. The Morgan fingerprint density at radius 2 is 1.83 bits per heavy atom. The molecule has 0 atom stereocenters. The number of rotatable bonds is 7. The maximum atomic E-state index is 12.6. The van der Waals surface area contributed by atoms with Crippen molar-refractivity contribution in [3.63, 3.8) is 0 Å². The molecule has 0 aromatic heterocycles. The fourth-order valence-corrected chi connectivity index (χ4v) is 4.77. The summed E-state index contributed by atoms with van der Waals surface area (Å²) in [6, 6.07) is 17.5. The van der Waals surface area contributed by atoms with Gasteiger partial charge in [0.2, 0.25) is 0 Å². The van der Waals surface area contributed by atoms with Crippen molar-refractivity contribution < 1.29 is 14.3 Å². The van der Waals surface area contributed by atoms with Crippen LogP contribution in [0.5, 0.6) is 11.5 Å². The average Bonchev–Trinajstić information content (AvgIpc) is 3.17. The van der Waals surface area contributed by atoms with E-state index in [4.69, 9.17) is 21.1 Å². The summed E-state index contributed by atoms with van der Waals surface area (Å²) in [7, 11) is 0. The van der Waals surface area contributed by atoms with Gasteiger partial charge in [0.05, 0.1) is 17.2 Å². The van der Waals surface area contributed by atoms with E-state index in [1.165, 1.54) is 17.3 Å². The average molecular weight is 572 g/mol. The molecule has 1 fully saturated rings. The number of ether oxygens (including phenoxy) is 2. The molecule has 0 radical (unpaired) electrons. The lowest BCUT2D eigenvalue weighted by Crippen LogP contribution is -2.19. The number of nitrogens with zero attached hydrogens (tertiary/aromatic N) is 1. The first-order chi connectivity index (χ1) is 16.8. The lowest BCUT2D eigenvalue weighted by Gasteiger charge is -2.14. The van der Waals surface area contributed by atoms with Gasteiger partial charge in [0.1, 0.15) is 6.61 Å². The monoisotopic (exact) mass is 570 g/mol. The van der Waals surface area contributed by atoms with E-state index < -0.39 is 0 Å². The van der Waals surface area contributed by atoms with Crippen molar-refractivity contribution in [2.24, 2.45) is 4.99 Å². The predicted molar refractivity (Wildman–Crippen MR) is 148 cm³/mol. The minimum atomic E-state index is -0.210. The Labute approximate surface area is 222 Å². The summed E-state index contributed by atoms with van der Waals surface area (Å²) < 4.78 is 12.7. The first kappa shape index (κ1) is 25.4. The van der Waals surface area contributed by atoms with Crippen LogP contribution in [0.4, 0.5) is 5.69 Å². The van der Waals surface area contributed by atoms with Gasteiger partial charge >= 0.3 is 0 Å². The van der Waals surface area contributed by atoms with Crippen molar-refractivity contribution in [1.29, 1.82) is 0 Å². The molecule has 4 rings (SSSR count). The number of aryl methyl sites for hydroxylation is 1. The zero-order valence-corrected chi connectivity index (χ0v) is 22.7. The SMILES string of the molecule is CCOc1cc(/C=C2/SC(=Nc3cccc(Cl)c3C)NC2=O)c(Br)cc1OCc1ccc(C)cc1.